The van der Waals surface area contributed by atoms with Gasteiger partial charge in [-0.15, -0.1) is 0 Å². The highest BCUT2D eigenvalue weighted by atomic mass is 35.5. The molecule has 0 radical (unpaired) electrons. The van der Waals surface area contributed by atoms with Crippen LogP contribution in [0.25, 0.3) is 0 Å². The van der Waals surface area contributed by atoms with E-state index in [-0.39, 0.29) is 22.1 Å². The van der Waals surface area contributed by atoms with E-state index in [4.69, 9.17) is 16.3 Å². The molecule has 1 aromatic rings. The maximum Gasteiger partial charge on any atom is 0.338 e. The van der Waals surface area contributed by atoms with Crippen molar-refractivity contribution in [2.45, 2.75) is 38.1 Å². The van der Waals surface area contributed by atoms with Gasteiger partial charge in [0.1, 0.15) is 11.5 Å². The summed E-state index contributed by atoms with van der Waals surface area (Å²) in [6.07, 6.45) is 0. The van der Waals surface area contributed by atoms with E-state index in [0.717, 1.165) is 0 Å². The molecule has 0 fully saturated rings. The third-order valence-corrected chi connectivity index (χ3v) is 4.59. The molecule has 0 spiro atoms. The number of benzene rings is 1. The van der Waals surface area contributed by atoms with Gasteiger partial charge in [-0.25, -0.2) is 17.9 Å². The van der Waals surface area contributed by atoms with Gasteiger partial charge >= 0.3 is 5.97 Å². The highest BCUT2D eigenvalue weighted by molar-refractivity contribution is 7.89. The zero-order chi connectivity index (χ0) is 17.1. The highest BCUT2D eigenvalue weighted by Crippen LogP contribution is 2.24. The number of carbonyl (C=O) groups excluding carboxylic acids is 1. The van der Waals surface area contributed by atoms with Crippen molar-refractivity contribution in [3.8, 4) is 0 Å². The molecule has 1 aromatic carbocycles. The lowest BCUT2D eigenvalue weighted by molar-refractivity contribution is 0.0540. The van der Waals surface area contributed by atoms with Crippen LogP contribution >= 0.6 is 11.6 Å². The second kappa shape index (κ2) is 6.81. The van der Waals surface area contributed by atoms with E-state index in [9.17, 15) is 13.2 Å². The fourth-order valence-corrected chi connectivity index (χ4v) is 3.51. The van der Waals surface area contributed by atoms with Crippen molar-refractivity contribution in [3.05, 3.63) is 40.9 Å². The maximum absolute atomic E-state index is 12.3. The molecule has 5 nitrogen and oxygen atoms in total. The standard InChI is InChI=1S/C15H20ClNO4S/c1-10(2)9-21-14(18)11-6-7-12(16)13(8-11)22(19,20)17-15(3,4)5/h6-8,17H,1,9H2,2-5H3. The van der Waals surface area contributed by atoms with Crippen LogP contribution in [0.4, 0.5) is 0 Å². The summed E-state index contributed by atoms with van der Waals surface area (Å²) in [7, 11) is -3.84. The molecule has 0 atom stereocenters. The summed E-state index contributed by atoms with van der Waals surface area (Å²) in [5, 5.41) is 0.0354. The Morgan fingerprint density at radius 3 is 2.45 bits per heavy atom. The zero-order valence-corrected chi connectivity index (χ0v) is 14.6. The number of halogens is 1. The van der Waals surface area contributed by atoms with Crippen molar-refractivity contribution < 1.29 is 17.9 Å². The maximum atomic E-state index is 12.3. The molecular formula is C15H20ClNO4S. The van der Waals surface area contributed by atoms with E-state index in [2.05, 4.69) is 11.3 Å². The first-order valence-electron chi connectivity index (χ1n) is 6.57. The summed E-state index contributed by atoms with van der Waals surface area (Å²) in [6, 6.07) is 3.98. The molecule has 0 aliphatic carbocycles. The molecule has 0 bridgehead atoms. The van der Waals surface area contributed by atoms with E-state index in [1.54, 1.807) is 27.7 Å². The largest absolute Gasteiger partial charge is 0.458 e. The van der Waals surface area contributed by atoms with Gasteiger partial charge in [-0.2, -0.15) is 0 Å². The number of sulfonamides is 1. The first kappa shape index (κ1) is 18.7. The van der Waals surface area contributed by atoms with E-state index in [1.165, 1.54) is 18.2 Å². The lowest BCUT2D eigenvalue weighted by atomic mass is 10.1. The number of ether oxygens (including phenoxy) is 1. The molecule has 0 saturated carbocycles. The van der Waals surface area contributed by atoms with Gasteiger partial charge in [0.2, 0.25) is 10.0 Å². The predicted octanol–water partition coefficient (Wildman–Crippen LogP) is 3.15. The SMILES string of the molecule is C=C(C)COC(=O)c1ccc(Cl)c(S(=O)(=O)NC(C)(C)C)c1. The zero-order valence-electron chi connectivity index (χ0n) is 13.1. The third-order valence-electron chi connectivity index (χ3n) is 2.35. The van der Waals surface area contributed by atoms with Crippen LogP contribution in [0.5, 0.6) is 0 Å². The van der Waals surface area contributed by atoms with Gasteiger partial charge < -0.3 is 4.74 Å². The Bertz CT molecular complexity index is 690. The second-order valence-corrected chi connectivity index (χ2v) is 8.09. The summed E-state index contributed by atoms with van der Waals surface area (Å²) < 4.78 is 32.2. The van der Waals surface area contributed by atoms with Gasteiger partial charge in [-0.1, -0.05) is 18.2 Å². The van der Waals surface area contributed by atoms with Crippen LogP contribution in [0.2, 0.25) is 5.02 Å². The Balaban J connectivity index is 3.15. The Labute approximate surface area is 136 Å². The molecular weight excluding hydrogens is 326 g/mol. The Hall–Kier alpha value is -1.37. The first-order chi connectivity index (χ1) is 9.92. The first-order valence-corrected chi connectivity index (χ1v) is 8.43. The summed E-state index contributed by atoms with van der Waals surface area (Å²) in [5.74, 6) is -0.633. The number of nitrogens with one attached hydrogen (secondary N) is 1. The lowest BCUT2D eigenvalue weighted by Gasteiger charge is -2.21. The van der Waals surface area contributed by atoms with Crippen molar-refractivity contribution >= 4 is 27.6 Å². The molecule has 0 unspecified atom stereocenters. The van der Waals surface area contributed by atoms with Crippen LogP contribution in [-0.2, 0) is 14.8 Å². The molecule has 0 aliphatic heterocycles. The van der Waals surface area contributed by atoms with Crippen LogP contribution in [0.3, 0.4) is 0 Å². The molecule has 7 heteroatoms. The van der Waals surface area contributed by atoms with E-state index in [0.29, 0.717) is 5.57 Å². The molecule has 1 rings (SSSR count). The molecule has 0 amide bonds. The van der Waals surface area contributed by atoms with Crippen LogP contribution in [0.1, 0.15) is 38.1 Å². The molecule has 0 aromatic heterocycles. The highest BCUT2D eigenvalue weighted by Gasteiger charge is 2.25. The van der Waals surface area contributed by atoms with Crippen LogP contribution < -0.4 is 4.72 Å². The van der Waals surface area contributed by atoms with Gasteiger partial charge in [0.05, 0.1) is 10.6 Å². The summed E-state index contributed by atoms with van der Waals surface area (Å²) in [6.45, 7) is 10.6. The average Bonchev–Trinajstić information content (AvgIpc) is 2.33. The second-order valence-electron chi connectivity index (χ2n) is 6.03. The Morgan fingerprint density at radius 1 is 1.36 bits per heavy atom. The van der Waals surface area contributed by atoms with Crippen molar-refractivity contribution in [1.29, 1.82) is 0 Å². The lowest BCUT2D eigenvalue weighted by Crippen LogP contribution is -2.40. The molecule has 1 N–H and O–H groups in total. The summed E-state index contributed by atoms with van der Waals surface area (Å²) in [4.78, 5) is 11.7. The average molecular weight is 346 g/mol. The number of rotatable bonds is 5. The molecule has 0 saturated heterocycles. The van der Waals surface area contributed by atoms with Crippen molar-refractivity contribution in [3.63, 3.8) is 0 Å². The normalized spacial score (nSPS) is 12.0. The molecule has 22 heavy (non-hydrogen) atoms. The minimum Gasteiger partial charge on any atom is -0.458 e. The monoisotopic (exact) mass is 345 g/mol. The quantitative estimate of drug-likeness (QED) is 0.657. The van der Waals surface area contributed by atoms with Crippen LogP contribution in [0, 0.1) is 0 Å². The van der Waals surface area contributed by atoms with E-state index >= 15 is 0 Å². The molecule has 0 heterocycles. The number of hydrogen-bond acceptors (Lipinski definition) is 4. The van der Waals surface area contributed by atoms with Crippen LogP contribution in [-0.4, -0.2) is 26.5 Å². The van der Waals surface area contributed by atoms with Gasteiger partial charge in [0.25, 0.3) is 0 Å². The summed E-state index contributed by atoms with van der Waals surface area (Å²) >= 11 is 5.96. The minimum atomic E-state index is -3.84. The van der Waals surface area contributed by atoms with Gasteiger partial charge in [0, 0.05) is 5.54 Å². The fraction of sp³-hybridized carbons (Fsp3) is 0.400. The van der Waals surface area contributed by atoms with Crippen molar-refractivity contribution in [1.82, 2.24) is 4.72 Å². The number of hydrogen-bond donors (Lipinski definition) is 1. The minimum absolute atomic E-state index is 0.0354. The summed E-state index contributed by atoms with van der Waals surface area (Å²) in [5.41, 5.74) is 0.128. The fourth-order valence-electron chi connectivity index (χ4n) is 1.57. The predicted molar refractivity (Wildman–Crippen MR) is 86.6 cm³/mol. The third kappa shape index (κ3) is 5.44. The van der Waals surface area contributed by atoms with Gasteiger partial charge in [0.15, 0.2) is 0 Å². The Kier molecular flexibility index (Phi) is 5.78. The van der Waals surface area contributed by atoms with Crippen molar-refractivity contribution in [2.75, 3.05) is 6.61 Å². The number of esters is 1. The Morgan fingerprint density at radius 2 is 1.95 bits per heavy atom. The molecule has 122 valence electrons. The molecule has 0 aliphatic rings. The van der Waals surface area contributed by atoms with Crippen LogP contribution in [0.15, 0.2) is 35.2 Å². The van der Waals surface area contributed by atoms with E-state index < -0.39 is 21.5 Å². The van der Waals surface area contributed by atoms with Crippen molar-refractivity contribution in [2.24, 2.45) is 0 Å². The van der Waals surface area contributed by atoms with E-state index in [1.807, 2.05) is 0 Å². The smallest absolute Gasteiger partial charge is 0.338 e. The van der Waals surface area contributed by atoms with Gasteiger partial charge in [-0.05, 0) is 51.5 Å². The number of carbonyl (C=O) groups is 1. The van der Waals surface area contributed by atoms with Gasteiger partial charge in [-0.3, -0.25) is 0 Å². The topological polar surface area (TPSA) is 72.5 Å².